The van der Waals surface area contributed by atoms with Gasteiger partial charge in [0.25, 0.3) is 0 Å². The number of ether oxygens (including phenoxy) is 1. The van der Waals surface area contributed by atoms with Gasteiger partial charge in [0.05, 0.1) is 23.4 Å². The molecule has 198 valence electrons. The van der Waals surface area contributed by atoms with Crippen molar-refractivity contribution in [1.29, 1.82) is 0 Å². The van der Waals surface area contributed by atoms with E-state index in [1.165, 1.54) is 18.6 Å². The number of carboxylic acids is 1. The Morgan fingerprint density at radius 2 is 1.81 bits per heavy atom. The van der Waals surface area contributed by atoms with Crippen molar-refractivity contribution < 1.29 is 28.5 Å². The smallest absolute Gasteiger partial charge is 0.387 e. The molecule has 8 heteroatoms. The SMILES string of the molecule is CCC(CC(=O)O)c1ccc(N(CC(C)(C)O)C2CCCCC2)c(Nc2ccc(OC(F)F)cc2)c1. The Morgan fingerprint density at radius 3 is 2.36 bits per heavy atom. The summed E-state index contributed by atoms with van der Waals surface area (Å²) in [5, 5.41) is 23.6. The molecular formula is C28H38F2N2O4. The topological polar surface area (TPSA) is 82.0 Å². The lowest BCUT2D eigenvalue weighted by Crippen LogP contribution is -2.45. The fraction of sp³-hybridized carbons (Fsp3) is 0.536. The standard InChI is InChI=1S/C28H38F2N2O4/c1-4-19(17-26(33)34)20-10-15-25(32(18-28(2,3)35)22-8-6-5-7-9-22)24(16-20)31-21-11-13-23(14-12-21)36-27(29)30/h10-16,19,22,27,31,35H,4-9,17-18H2,1-3H3,(H,33,34). The van der Waals surface area contributed by atoms with Crippen LogP contribution in [-0.4, -0.2) is 41.0 Å². The summed E-state index contributed by atoms with van der Waals surface area (Å²) in [6, 6.07) is 12.6. The summed E-state index contributed by atoms with van der Waals surface area (Å²) >= 11 is 0. The van der Waals surface area contributed by atoms with E-state index in [9.17, 15) is 23.8 Å². The summed E-state index contributed by atoms with van der Waals surface area (Å²) in [6.45, 7) is 3.12. The molecule has 0 spiro atoms. The van der Waals surface area contributed by atoms with Crippen molar-refractivity contribution in [2.24, 2.45) is 0 Å². The van der Waals surface area contributed by atoms with E-state index in [4.69, 9.17) is 0 Å². The van der Waals surface area contributed by atoms with Crippen LogP contribution in [-0.2, 0) is 4.79 Å². The predicted octanol–water partition coefficient (Wildman–Crippen LogP) is 6.91. The van der Waals surface area contributed by atoms with Gasteiger partial charge >= 0.3 is 12.6 Å². The largest absolute Gasteiger partial charge is 0.481 e. The van der Waals surface area contributed by atoms with Crippen LogP contribution in [0.25, 0.3) is 0 Å². The van der Waals surface area contributed by atoms with Crippen LogP contribution in [0.4, 0.5) is 25.8 Å². The zero-order valence-corrected chi connectivity index (χ0v) is 21.3. The maximum absolute atomic E-state index is 12.6. The van der Waals surface area contributed by atoms with Crippen molar-refractivity contribution in [3.05, 3.63) is 48.0 Å². The lowest BCUT2D eigenvalue weighted by molar-refractivity contribution is -0.137. The zero-order valence-electron chi connectivity index (χ0n) is 21.3. The minimum atomic E-state index is -2.89. The highest BCUT2D eigenvalue weighted by Crippen LogP contribution is 2.38. The first-order valence-electron chi connectivity index (χ1n) is 12.7. The molecule has 1 fully saturated rings. The van der Waals surface area contributed by atoms with Gasteiger partial charge in [0, 0.05) is 18.3 Å². The van der Waals surface area contributed by atoms with E-state index in [2.05, 4.69) is 15.0 Å². The van der Waals surface area contributed by atoms with Gasteiger partial charge in [0.2, 0.25) is 0 Å². The number of aliphatic hydroxyl groups is 1. The molecule has 2 aromatic carbocycles. The summed E-state index contributed by atoms with van der Waals surface area (Å²) < 4.78 is 29.6. The number of halogens is 2. The Bertz CT molecular complexity index is 986. The van der Waals surface area contributed by atoms with E-state index >= 15 is 0 Å². The quantitative estimate of drug-likeness (QED) is 0.291. The predicted molar refractivity (Wildman–Crippen MR) is 139 cm³/mol. The second-order valence-electron chi connectivity index (χ2n) is 10.2. The third-order valence-electron chi connectivity index (χ3n) is 6.65. The molecule has 1 atom stereocenters. The molecule has 1 aliphatic rings. The lowest BCUT2D eigenvalue weighted by atomic mass is 9.90. The van der Waals surface area contributed by atoms with Gasteiger partial charge in [-0.05, 0) is 81.0 Å². The van der Waals surface area contributed by atoms with Crippen molar-refractivity contribution in [3.63, 3.8) is 0 Å². The molecule has 3 rings (SSSR count). The number of anilines is 3. The Kier molecular flexibility index (Phi) is 9.54. The third-order valence-corrected chi connectivity index (χ3v) is 6.65. The van der Waals surface area contributed by atoms with E-state index in [0.717, 1.165) is 42.6 Å². The maximum Gasteiger partial charge on any atom is 0.387 e. The molecule has 1 aliphatic carbocycles. The van der Waals surface area contributed by atoms with Crippen LogP contribution in [0, 0.1) is 0 Å². The molecule has 3 N–H and O–H groups in total. The minimum Gasteiger partial charge on any atom is -0.481 e. The number of hydrogen-bond donors (Lipinski definition) is 3. The molecule has 1 unspecified atom stereocenters. The number of nitrogens with zero attached hydrogens (tertiary/aromatic N) is 1. The van der Waals surface area contributed by atoms with Gasteiger partial charge in [0.15, 0.2) is 0 Å². The van der Waals surface area contributed by atoms with Gasteiger partial charge in [-0.25, -0.2) is 0 Å². The number of aliphatic carboxylic acids is 1. The summed E-state index contributed by atoms with van der Waals surface area (Å²) in [7, 11) is 0. The zero-order chi connectivity index (χ0) is 26.3. The molecule has 2 aromatic rings. The van der Waals surface area contributed by atoms with Crippen molar-refractivity contribution in [2.45, 2.75) is 89.9 Å². The van der Waals surface area contributed by atoms with Crippen molar-refractivity contribution in [3.8, 4) is 5.75 Å². The molecule has 0 saturated heterocycles. The maximum atomic E-state index is 12.6. The molecule has 0 heterocycles. The van der Waals surface area contributed by atoms with Gasteiger partial charge in [-0.15, -0.1) is 0 Å². The summed E-state index contributed by atoms with van der Waals surface area (Å²) in [4.78, 5) is 13.7. The Hall–Kier alpha value is -2.87. The van der Waals surface area contributed by atoms with Crippen LogP contribution in [0.15, 0.2) is 42.5 Å². The van der Waals surface area contributed by atoms with Crippen LogP contribution < -0.4 is 15.0 Å². The van der Waals surface area contributed by atoms with E-state index in [1.54, 1.807) is 26.0 Å². The summed E-state index contributed by atoms with van der Waals surface area (Å²) in [6.07, 6.45) is 6.26. The van der Waals surface area contributed by atoms with Crippen molar-refractivity contribution in [2.75, 3.05) is 16.8 Å². The Balaban J connectivity index is 2.02. The number of hydrogen-bond acceptors (Lipinski definition) is 5. The van der Waals surface area contributed by atoms with Gasteiger partial charge in [-0.3, -0.25) is 4.79 Å². The molecule has 0 bridgehead atoms. The van der Waals surface area contributed by atoms with Crippen molar-refractivity contribution >= 4 is 23.0 Å². The fourth-order valence-corrected chi connectivity index (χ4v) is 4.96. The van der Waals surface area contributed by atoms with Gasteiger partial charge in [0.1, 0.15) is 5.75 Å². The first-order chi connectivity index (χ1) is 17.1. The first kappa shape index (κ1) is 27.7. The van der Waals surface area contributed by atoms with Gasteiger partial charge in [-0.2, -0.15) is 8.78 Å². The van der Waals surface area contributed by atoms with Crippen LogP contribution in [0.2, 0.25) is 0 Å². The fourth-order valence-electron chi connectivity index (χ4n) is 4.96. The van der Waals surface area contributed by atoms with Gasteiger partial charge < -0.3 is 25.2 Å². The molecule has 0 aromatic heterocycles. The van der Waals surface area contributed by atoms with E-state index in [1.807, 2.05) is 25.1 Å². The molecule has 6 nitrogen and oxygen atoms in total. The second-order valence-corrected chi connectivity index (χ2v) is 10.2. The molecule has 0 amide bonds. The number of rotatable bonds is 12. The average molecular weight is 505 g/mol. The van der Waals surface area contributed by atoms with E-state index in [-0.39, 0.29) is 24.1 Å². The van der Waals surface area contributed by atoms with Crippen LogP contribution in [0.1, 0.15) is 77.2 Å². The van der Waals surface area contributed by atoms with Crippen molar-refractivity contribution in [1.82, 2.24) is 0 Å². The van der Waals surface area contributed by atoms with E-state index < -0.39 is 18.2 Å². The average Bonchev–Trinajstić information content (AvgIpc) is 2.82. The number of alkyl halides is 2. The third kappa shape index (κ3) is 8.08. The normalized spacial score (nSPS) is 15.5. The highest BCUT2D eigenvalue weighted by Gasteiger charge is 2.29. The molecule has 36 heavy (non-hydrogen) atoms. The monoisotopic (exact) mass is 504 g/mol. The number of benzene rings is 2. The second kappa shape index (κ2) is 12.4. The number of carbonyl (C=O) groups is 1. The lowest BCUT2D eigenvalue weighted by Gasteiger charge is -2.40. The summed E-state index contributed by atoms with van der Waals surface area (Å²) in [5.74, 6) is -0.917. The molecule has 0 radical (unpaired) electrons. The molecule has 0 aliphatic heterocycles. The first-order valence-corrected chi connectivity index (χ1v) is 12.7. The highest BCUT2D eigenvalue weighted by atomic mass is 19.3. The highest BCUT2D eigenvalue weighted by molar-refractivity contribution is 5.77. The Labute approximate surface area is 212 Å². The molecule has 1 saturated carbocycles. The van der Waals surface area contributed by atoms with Crippen LogP contribution in [0.5, 0.6) is 5.75 Å². The Morgan fingerprint density at radius 1 is 1.14 bits per heavy atom. The number of carboxylic acid groups (broad SMARTS) is 1. The van der Waals surface area contributed by atoms with Crippen LogP contribution in [0.3, 0.4) is 0 Å². The van der Waals surface area contributed by atoms with Crippen LogP contribution >= 0.6 is 0 Å². The minimum absolute atomic E-state index is 0.0327. The number of nitrogens with one attached hydrogen (secondary N) is 1. The molecular weight excluding hydrogens is 466 g/mol. The van der Waals surface area contributed by atoms with Gasteiger partial charge in [-0.1, -0.05) is 32.3 Å². The van der Waals surface area contributed by atoms with E-state index in [0.29, 0.717) is 18.7 Å². The summed E-state index contributed by atoms with van der Waals surface area (Å²) in [5.41, 5.74) is 2.39.